The van der Waals surface area contributed by atoms with Crippen LogP contribution in [0.2, 0.25) is 0 Å². The Bertz CT molecular complexity index is 519. The first-order chi connectivity index (χ1) is 14.7. The fourth-order valence-electron chi connectivity index (χ4n) is 2.83. The molecule has 1 atom stereocenters. The Morgan fingerprint density at radius 1 is 0.839 bits per heavy atom. The molecule has 0 spiro atoms. The Morgan fingerprint density at radius 3 is 2.00 bits per heavy atom. The summed E-state index contributed by atoms with van der Waals surface area (Å²) in [6, 6.07) is 0. The number of unbranched alkanes of at least 4 members (excludes halogenated alkanes) is 9. The highest BCUT2D eigenvalue weighted by atomic mass is 31.2. The number of nitrogens with zero attached hydrogens (tertiary/aromatic N) is 1. The van der Waals surface area contributed by atoms with Crippen molar-refractivity contribution in [3.8, 4) is 0 Å². The van der Waals surface area contributed by atoms with E-state index < -0.39 is 7.82 Å². The van der Waals surface area contributed by atoms with Crippen LogP contribution in [0.3, 0.4) is 0 Å². The summed E-state index contributed by atoms with van der Waals surface area (Å²) in [5, 5.41) is 0. The van der Waals surface area contributed by atoms with Gasteiger partial charge in [-0.25, -0.2) is 0 Å². The highest BCUT2D eigenvalue weighted by molar-refractivity contribution is 7.45. The van der Waals surface area contributed by atoms with E-state index in [1.54, 1.807) is 0 Å². The van der Waals surface area contributed by atoms with Crippen molar-refractivity contribution in [3.63, 3.8) is 0 Å². The molecule has 0 heterocycles. The summed E-state index contributed by atoms with van der Waals surface area (Å²) in [4.78, 5) is 23.3. The van der Waals surface area contributed by atoms with Crippen LogP contribution in [-0.4, -0.2) is 58.0 Å². The maximum atomic E-state index is 11.7. The standard InChI is InChI=1S/C23H46NO6P/c1-5-6-7-8-9-10-11-12-13-14-15-16-17-18-23(25)28-21-22-30-31(26,27)29-20-19-24(2,3)4/h10-11H,5-9,12-22H2,1-4H3/b11-10-. The van der Waals surface area contributed by atoms with Gasteiger partial charge in [0, 0.05) is 6.42 Å². The minimum absolute atomic E-state index is 0.0550. The predicted octanol–water partition coefficient (Wildman–Crippen LogP) is 4.99. The second kappa shape index (κ2) is 18.8. The number of ether oxygens (including phenoxy) is 1. The number of phosphoric ester groups is 1. The third-order valence-corrected chi connectivity index (χ3v) is 5.75. The van der Waals surface area contributed by atoms with E-state index in [2.05, 4.69) is 19.1 Å². The van der Waals surface area contributed by atoms with Crippen molar-refractivity contribution in [2.45, 2.75) is 84.0 Å². The second-order valence-corrected chi connectivity index (χ2v) is 10.4. The average molecular weight is 464 g/mol. The van der Waals surface area contributed by atoms with Gasteiger partial charge in [0.15, 0.2) is 0 Å². The first-order valence-corrected chi connectivity index (χ1v) is 13.3. The Balaban J connectivity index is 3.50. The van der Waals surface area contributed by atoms with E-state index >= 15 is 0 Å². The summed E-state index contributed by atoms with van der Waals surface area (Å²) in [5.74, 6) is -0.318. The lowest BCUT2D eigenvalue weighted by Crippen LogP contribution is -2.37. The summed E-state index contributed by atoms with van der Waals surface area (Å²) < 4.78 is 26.7. The van der Waals surface area contributed by atoms with Gasteiger partial charge in [-0.15, -0.1) is 0 Å². The molecular weight excluding hydrogens is 417 g/mol. The molecule has 0 amide bonds. The van der Waals surface area contributed by atoms with Crippen LogP contribution in [0.1, 0.15) is 84.0 Å². The Morgan fingerprint density at radius 2 is 1.39 bits per heavy atom. The number of rotatable bonds is 21. The monoisotopic (exact) mass is 463 g/mol. The molecule has 0 radical (unpaired) electrons. The van der Waals surface area contributed by atoms with E-state index in [0.717, 1.165) is 25.7 Å². The normalized spacial score (nSPS) is 14.1. The molecule has 0 aliphatic rings. The highest BCUT2D eigenvalue weighted by Crippen LogP contribution is 2.37. The van der Waals surface area contributed by atoms with Crippen molar-refractivity contribution in [2.75, 3.05) is 47.5 Å². The highest BCUT2D eigenvalue weighted by Gasteiger charge is 2.13. The SMILES string of the molecule is CCCCCC/C=C\CCCCCCCC(=O)OCCOP(=O)([O-])OCC[N+](C)(C)C. The van der Waals surface area contributed by atoms with Crippen molar-refractivity contribution in [1.29, 1.82) is 0 Å². The molecule has 1 unspecified atom stereocenters. The molecule has 0 aromatic rings. The van der Waals surface area contributed by atoms with Crippen LogP contribution in [0.15, 0.2) is 12.2 Å². The molecule has 0 saturated carbocycles. The maximum Gasteiger partial charge on any atom is 0.305 e. The minimum Gasteiger partial charge on any atom is -0.756 e. The molecule has 0 N–H and O–H groups in total. The zero-order valence-electron chi connectivity index (χ0n) is 20.3. The lowest BCUT2D eigenvalue weighted by molar-refractivity contribution is -0.870. The van der Waals surface area contributed by atoms with Crippen molar-refractivity contribution < 1.29 is 32.5 Å². The van der Waals surface area contributed by atoms with Crippen molar-refractivity contribution in [3.05, 3.63) is 12.2 Å². The Labute approximate surface area is 190 Å². The summed E-state index contributed by atoms with van der Waals surface area (Å²) in [5.41, 5.74) is 0. The van der Waals surface area contributed by atoms with Gasteiger partial charge in [-0.1, -0.05) is 57.6 Å². The summed E-state index contributed by atoms with van der Waals surface area (Å²) in [7, 11) is 1.47. The molecule has 0 aromatic carbocycles. The number of carbonyl (C=O) groups is 1. The zero-order valence-corrected chi connectivity index (χ0v) is 21.2. The van der Waals surface area contributed by atoms with E-state index in [9.17, 15) is 14.3 Å². The molecule has 0 rings (SSSR count). The van der Waals surface area contributed by atoms with E-state index in [-0.39, 0.29) is 25.8 Å². The van der Waals surface area contributed by atoms with E-state index in [4.69, 9.17) is 13.8 Å². The average Bonchev–Trinajstić information content (AvgIpc) is 2.67. The van der Waals surface area contributed by atoms with Crippen molar-refractivity contribution in [2.24, 2.45) is 0 Å². The van der Waals surface area contributed by atoms with Gasteiger partial charge in [-0.3, -0.25) is 9.36 Å². The lowest BCUT2D eigenvalue weighted by Gasteiger charge is -2.27. The molecule has 0 aliphatic heterocycles. The number of quaternary nitrogens is 1. The zero-order chi connectivity index (χ0) is 23.4. The van der Waals surface area contributed by atoms with Gasteiger partial charge < -0.3 is 23.2 Å². The predicted molar refractivity (Wildman–Crippen MR) is 124 cm³/mol. The van der Waals surface area contributed by atoms with Gasteiger partial charge >= 0.3 is 5.97 Å². The van der Waals surface area contributed by atoms with E-state index in [1.165, 1.54) is 44.9 Å². The molecule has 0 bridgehead atoms. The third-order valence-electron chi connectivity index (χ3n) is 4.75. The molecule has 7 nitrogen and oxygen atoms in total. The van der Waals surface area contributed by atoms with Crippen LogP contribution >= 0.6 is 7.82 Å². The van der Waals surface area contributed by atoms with Gasteiger partial charge in [0.1, 0.15) is 19.8 Å². The summed E-state index contributed by atoms with van der Waals surface area (Å²) >= 11 is 0. The van der Waals surface area contributed by atoms with E-state index in [0.29, 0.717) is 17.4 Å². The minimum atomic E-state index is -4.35. The van der Waals surface area contributed by atoms with Crippen LogP contribution < -0.4 is 4.89 Å². The van der Waals surface area contributed by atoms with Crippen molar-refractivity contribution in [1.82, 2.24) is 0 Å². The molecular formula is C23H46NO6P. The van der Waals surface area contributed by atoms with Crippen LogP contribution in [0.4, 0.5) is 0 Å². The topological polar surface area (TPSA) is 84.9 Å². The summed E-state index contributed by atoms with van der Waals surface area (Å²) in [6.07, 6.45) is 17.8. The fourth-order valence-corrected chi connectivity index (χ4v) is 3.50. The summed E-state index contributed by atoms with van der Waals surface area (Å²) in [6.45, 7) is 2.52. The molecule has 0 aromatic heterocycles. The van der Waals surface area contributed by atoms with Crippen LogP contribution in [-0.2, 0) is 23.1 Å². The smallest absolute Gasteiger partial charge is 0.305 e. The van der Waals surface area contributed by atoms with Gasteiger partial charge in [0.05, 0.1) is 27.7 Å². The quantitative estimate of drug-likeness (QED) is 0.0783. The molecule has 8 heteroatoms. The molecule has 0 saturated heterocycles. The first kappa shape index (κ1) is 30.3. The molecule has 31 heavy (non-hydrogen) atoms. The number of esters is 1. The third kappa shape index (κ3) is 23.8. The fraction of sp³-hybridized carbons (Fsp3) is 0.870. The number of hydrogen-bond donors (Lipinski definition) is 0. The van der Waals surface area contributed by atoms with Crippen molar-refractivity contribution >= 4 is 13.8 Å². The van der Waals surface area contributed by atoms with Gasteiger partial charge in [-0.2, -0.15) is 0 Å². The second-order valence-electron chi connectivity index (χ2n) is 8.98. The Hall–Kier alpha value is -0.720. The van der Waals surface area contributed by atoms with E-state index in [1.807, 2.05) is 21.1 Å². The van der Waals surface area contributed by atoms with Crippen LogP contribution in [0.25, 0.3) is 0 Å². The van der Waals surface area contributed by atoms with Crippen LogP contribution in [0.5, 0.6) is 0 Å². The number of carbonyl (C=O) groups excluding carboxylic acids is 1. The molecule has 184 valence electrons. The number of phosphoric acid groups is 1. The molecule has 0 fully saturated rings. The first-order valence-electron chi connectivity index (χ1n) is 11.9. The number of hydrogen-bond acceptors (Lipinski definition) is 6. The maximum absolute atomic E-state index is 11.7. The van der Waals surface area contributed by atoms with Gasteiger partial charge in [0.2, 0.25) is 0 Å². The van der Waals surface area contributed by atoms with Gasteiger partial charge in [0.25, 0.3) is 7.82 Å². The number of likely N-dealkylation sites (N-methyl/N-ethyl adjacent to an activating group) is 1. The van der Waals surface area contributed by atoms with Crippen LogP contribution in [0, 0.1) is 0 Å². The number of allylic oxidation sites excluding steroid dienone is 2. The molecule has 0 aliphatic carbocycles. The largest absolute Gasteiger partial charge is 0.756 e. The lowest BCUT2D eigenvalue weighted by atomic mass is 10.1. The Kier molecular flexibility index (Phi) is 18.4. The van der Waals surface area contributed by atoms with Gasteiger partial charge in [-0.05, 0) is 32.1 Å².